The monoisotopic (exact) mass is 373 g/mol. The van der Waals surface area contributed by atoms with Crippen LogP contribution in [-0.4, -0.2) is 29.9 Å². The molecule has 0 unspecified atom stereocenters. The fourth-order valence-corrected chi connectivity index (χ4v) is 2.63. The normalized spacial score (nSPS) is 10.6. The van der Waals surface area contributed by atoms with Crippen LogP contribution in [0, 0.1) is 11.6 Å². The van der Waals surface area contributed by atoms with Crippen molar-refractivity contribution in [1.29, 1.82) is 0 Å². The molecule has 6 nitrogen and oxygen atoms in total. The van der Waals surface area contributed by atoms with Gasteiger partial charge in [0.05, 0.1) is 19.9 Å². The lowest BCUT2D eigenvalue weighted by Gasteiger charge is -2.09. The number of hydrogen-bond donors (Lipinski definition) is 1. The van der Waals surface area contributed by atoms with Crippen LogP contribution in [0.15, 0.2) is 42.5 Å². The molecule has 1 heterocycles. The Labute approximate surface area is 154 Å². The van der Waals surface area contributed by atoms with E-state index in [-0.39, 0.29) is 17.0 Å². The highest BCUT2D eigenvalue weighted by atomic mass is 19.1. The molecular formula is C19H17F2N3O3. The maximum absolute atomic E-state index is 14.0. The van der Waals surface area contributed by atoms with Crippen LogP contribution < -0.4 is 14.8 Å². The Balaban J connectivity index is 1.87. The smallest absolute Gasteiger partial charge is 0.276 e. The summed E-state index contributed by atoms with van der Waals surface area (Å²) in [5.74, 6) is -0.702. The molecule has 0 aliphatic carbocycles. The van der Waals surface area contributed by atoms with E-state index >= 15 is 0 Å². The Morgan fingerprint density at radius 2 is 1.78 bits per heavy atom. The highest BCUT2D eigenvalue weighted by Gasteiger charge is 2.17. The lowest BCUT2D eigenvalue weighted by molar-refractivity contribution is 0.102. The van der Waals surface area contributed by atoms with Crippen molar-refractivity contribution >= 4 is 11.6 Å². The molecule has 0 aliphatic heterocycles. The highest BCUT2D eigenvalue weighted by molar-refractivity contribution is 6.03. The van der Waals surface area contributed by atoms with Crippen molar-refractivity contribution in [2.24, 2.45) is 7.05 Å². The minimum absolute atomic E-state index is 0.0233. The maximum Gasteiger partial charge on any atom is 0.276 e. The van der Waals surface area contributed by atoms with Gasteiger partial charge in [-0.25, -0.2) is 8.78 Å². The van der Waals surface area contributed by atoms with E-state index in [9.17, 15) is 13.6 Å². The van der Waals surface area contributed by atoms with Gasteiger partial charge in [-0.2, -0.15) is 5.10 Å². The summed E-state index contributed by atoms with van der Waals surface area (Å²) in [5.41, 5.74) is 0.840. The van der Waals surface area contributed by atoms with Crippen LogP contribution in [-0.2, 0) is 7.05 Å². The van der Waals surface area contributed by atoms with E-state index in [2.05, 4.69) is 10.4 Å². The van der Waals surface area contributed by atoms with Crippen molar-refractivity contribution < 1.29 is 23.0 Å². The number of rotatable bonds is 5. The van der Waals surface area contributed by atoms with Gasteiger partial charge in [0.15, 0.2) is 17.2 Å². The van der Waals surface area contributed by atoms with Crippen LogP contribution in [0.2, 0.25) is 0 Å². The second kappa shape index (κ2) is 7.45. The van der Waals surface area contributed by atoms with Crippen molar-refractivity contribution in [3.8, 4) is 22.8 Å². The molecule has 3 aromatic rings. The third-order valence-electron chi connectivity index (χ3n) is 3.96. The lowest BCUT2D eigenvalue weighted by Crippen LogP contribution is -2.13. The summed E-state index contributed by atoms with van der Waals surface area (Å²) in [6.07, 6.45) is 0. The van der Waals surface area contributed by atoms with Crippen LogP contribution >= 0.6 is 0 Å². The molecule has 0 radical (unpaired) electrons. The average molecular weight is 373 g/mol. The molecule has 0 saturated carbocycles. The predicted molar refractivity (Wildman–Crippen MR) is 96.1 cm³/mol. The number of hydrogen-bond acceptors (Lipinski definition) is 4. The zero-order chi connectivity index (χ0) is 19.6. The summed E-state index contributed by atoms with van der Waals surface area (Å²) in [6, 6.07) is 9.42. The van der Waals surface area contributed by atoms with E-state index in [4.69, 9.17) is 9.47 Å². The topological polar surface area (TPSA) is 65.4 Å². The molecule has 1 amide bonds. The Morgan fingerprint density at radius 1 is 1.04 bits per heavy atom. The van der Waals surface area contributed by atoms with E-state index in [0.717, 1.165) is 18.2 Å². The standard InChI is InChI=1S/C19H17F2N3O3/c1-24-16(13-8-11(20)4-6-14(13)21)10-15(23-24)19(25)22-12-5-7-17(26-2)18(9-12)27-3/h4-10H,1-3H3,(H,22,25). The van der Waals surface area contributed by atoms with Gasteiger partial charge < -0.3 is 14.8 Å². The minimum atomic E-state index is -0.605. The number of amides is 1. The zero-order valence-corrected chi connectivity index (χ0v) is 14.9. The Morgan fingerprint density at radius 3 is 2.48 bits per heavy atom. The number of carbonyl (C=O) groups is 1. The van der Waals surface area contributed by atoms with Gasteiger partial charge in [0.2, 0.25) is 0 Å². The van der Waals surface area contributed by atoms with Gasteiger partial charge in [-0.15, -0.1) is 0 Å². The number of anilines is 1. The first-order chi connectivity index (χ1) is 12.9. The number of benzene rings is 2. The molecule has 0 bridgehead atoms. The number of halogens is 2. The van der Waals surface area contributed by atoms with E-state index in [1.165, 1.54) is 25.0 Å². The number of nitrogens with zero attached hydrogens (tertiary/aromatic N) is 2. The van der Waals surface area contributed by atoms with E-state index in [0.29, 0.717) is 17.2 Å². The molecule has 0 fully saturated rings. The summed E-state index contributed by atoms with van der Waals surface area (Å²) in [4.78, 5) is 12.5. The van der Waals surface area contributed by atoms with Crippen LogP contribution in [0.4, 0.5) is 14.5 Å². The lowest BCUT2D eigenvalue weighted by atomic mass is 10.1. The minimum Gasteiger partial charge on any atom is -0.493 e. The molecule has 27 heavy (non-hydrogen) atoms. The summed E-state index contributed by atoms with van der Waals surface area (Å²) < 4.78 is 39.1. The average Bonchev–Trinajstić information content (AvgIpc) is 3.05. The SMILES string of the molecule is COc1ccc(NC(=O)c2cc(-c3cc(F)ccc3F)n(C)n2)cc1OC. The quantitative estimate of drug-likeness (QED) is 0.742. The third kappa shape index (κ3) is 3.74. The number of aromatic nitrogens is 2. The summed E-state index contributed by atoms with van der Waals surface area (Å²) in [5, 5.41) is 6.77. The fourth-order valence-electron chi connectivity index (χ4n) is 2.63. The van der Waals surface area contributed by atoms with Crippen molar-refractivity contribution in [1.82, 2.24) is 9.78 Å². The van der Waals surface area contributed by atoms with Crippen LogP contribution in [0.5, 0.6) is 11.5 Å². The maximum atomic E-state index is 14.0. The number of nitrogens with one attached hydrogen (secondary N) is 1. The van der Waals surface area contributed by atoms with Crippen molar-refractivity contribution in [2.75, 3.05) is 19.5 Å². The summed E-state index contributed by atoms with van der Waals surface area (Å²) in [6.45, 7) is 0. The Bertz CT molecular complexity index is 1000. The van der Waals surface area contributed by atoms with E-state index in [1.807, 2.05) is 0 Å². The largest absolute Gasteiger partial charge is 0.493 e. The molecule has 0 atom stereocenters. The number of ether oxygens (including phenoxy) is 2. The summed E-state index contributed by atoms with van der Waals surface area (Å²) >= 11 is 0. The molecule has 0 saturated heterocycles. The molecule has 0 spiro atoms. The van der Waals surface area contributed by atoms with Crippen LogP contribution in [0.1, 0.15) is 10.5 Å². The summed E-state index contributed by atoms with van der Waals surface area (Å²) in [7, 11) is 4.55. The van der Waals surface area contributed by atoms with Gasteiger partial charge >= 0.3 is 0 Å². The van der Waals surface area contributed by atoms with Gasteiger partial charge in [0.25, 0.3) is 5.91 Å². The van der Waals surface area contributed by atoms with Gasteiger partial charge in [0.1, 0.15) is 11.6 Å². The van der Waals surface area contributed by atoms with E-state index in [1.54, 1.807) is 25.2 Å². The molecule has 2 aromatic carbocycles. The van der Waals surface area contributed by atoms with E-state index < -0.39 is 17.5 Å². The van der Waals surface area contributed by atoms with Crippen LogP contribution in [0.3, 0.4) is 0 Å². The van der Waals surface area contributed by atoms with Crippen LogP contribution in [0.25, 0.3) is 11.3 Å². The number of methoxy groups -OCH3 is 2. The van der Waals surface area contributed by atoms with Gasteiger partial charge in [-0.1, -0.05) is 0 Å². The van der Waals surface area contributed by atoms with Gasteiger partial charge in [0, 0.05) is 24.4 Å². The van der Waals surface area contributed by atoms with Crippen molar-refractivity contribution in [2.45, 2.75) is 0 Å². The molecule has 0 aliphatic rings. The molecule has 140 valence electrons. The number of carbonyl (C=O) groups excluding carboxylic acids is 1. The molecule has 3 rings (SSSR count). The number of aryl methyl sites for hydroxylation is 1. The third-order valence-corrected chi connectivity index (χ3v) is 3.96. The Kier molecular flexibility index (Phi) is 5.07. The molecule has 1 N–H and O–H groups in total. The fraction of sp³-hybridized carbons (Fsp3) is 0.158. The second-order valence-electron chi connectivity index (χ2n) is 5.69. The van der Waals surface area contributed by atoms with Crippen molar-refractivity contribution in [3.05, 3.63) is 59.8 Å². The van der Waals surface area contributed by atoms with Crippen molar-refractivity contribution in [3.63, 3.8) is 0 Å². The second-order valence-corrected chi connectivity index (χ2v) is 5.69. The first-order valence-electron chi connectivity index (χ1n) is 7.95. The first-order valence-corrected chi connectivity index (χ1v) is 7.95. The molecule has 8 heteroatoms. The molecular weight excluding hydrogens is 356 g/mol. The predicted octanol–water partition coefficient (Wildman–Crippen LogP) is 3.63. The Hall–Kier alpha value is -3.42. The zero-order valence-electron chi connectivity index (χ0n) is 14.9. The van der Waals surface area contributed by atoms with Gasteiger partial charge in [-0.3, -0.25) is 9.48 Å². The first kappa shape index (κ1) is 18.4. The van der Waals surface area contributed by atoms with Gasteiger partial charge in [-0.05, 0) is 36.4 Å². The highest BCUT2D eigenvalue weighted by Crippen LogP contribution is 2.30. The molecule has 1 aromatic heterocycles.